The van der Waals surface area contributed by atoms with Crippen molar-refractivity contribution in [3.63, 3.8) is 0 Å². The molecule has 0 saturated heterocycles. The number of para-hydroxylation sites is 1. The molecular formula is C29H23N3O2S2. The van der Waals surface area contributed by atoms with Gasteiger partial charge in [-0.15, -0.1) is 11.3 Å². The first-order valence-electron chi connectivity index (χ1n) is 11.4. The summed E-state index contributed by atoms with van der Waals surface area (Å²) in [5, 5.41) is 7.09. The molecule has 0 bridgehead atoms. The van der Waals surface area contributed by atoms with E-state index in [4.69, 9.17) is 21.9 Å². The molecule has 0 saturated carbocycles. The molecule has 5 nitrogen and oxygen atoms in total. The Labute approximate surface area is 218 Å². The van der Waals surface area contributed by atoms with E-state index in [0.717, 1.165) is 37.6 Å². The largest absolute Gasteiger partial charge is 0.489 e. The molecule has 7 heteroatoms. The van der Waals surface area contributed by atoms with Crippen LogP contribution in [0.1, 0.15) is 21.5 Å². The molecule has 5 rings (SSSR count). The van der Waals surface area contributed by atoms with Gasteiger partial charge in [0.2, 0.25) is 0 Å². The lowest BCUT2D eigenvalue weighted by atomic mass is 10.1. The van der Waals surface area contributed by atoms with E-state index >= 15 is 0 Å². The number of carbonyl (C=O) groups excluding carboxylic acids is 1. The molecule has 0 spiro atoms. The van der Waals surface area contributed by atoms with E-state index in [1.54, 1.807) is 29.5 Å². The van der Waals surface area contributed by atoms with E-state index < -0.39 is 0 Å². The van der Waals surface area contributed by atoms with Crippen LogP contribution in [0.15, 0.2) is 97.1 Å². The Morgan fingerprint density at radius 2 is 1.72 bits per heavy atom. The number of hydrogen-bond acceptors (Lipinski definition) is 5. The number of thiocarbonyl (C=S) groups is 1. The van der Waals surface area contributed by atoms with Crippen LogP contribution in [0.4, 0.5) is 5.69 Å². The van der Waals surface area contributed by atoms with Crippen molar-refractivity contribution in [2.45, 2.75) is 13.5 Å². The Hall–Kier alpha value is -4.07. The fourth-order valence-electron chi connectivity index (χ4n) is 3.79. The zero-order valence-electron chi connectivity index (χ0n) is 19.5. The highest BCUT2D eigenvalue weighted by Gasteiger charge is 2.14. The van der Waals surface area contributed by atoms with Crippen molar-refractivity contribution < 1.29 is 9.53 Å². The van der Waals surface area contributed by atoms with Crippen molar-refractivity contribution in [2.75, 3.05) is 5.32 Å². The summed E-state index contributed by atoms with van der Waals surface area (Å²) in [6.45, 7) is 2.44. The molecule has 1 aromatic heterocycles. The maximum atomic E-state index is 12.8. The number of amides is 1. The van der Waals surface area contributed by atoms with Gasteiger partial charge in [0.25, 0.3) is 5.91 Å². The number of benzene rings is 4. The fourth-order valence-corrected chi connectivity index (χ4v) is 5.04. The molecule has 2 N–H and O–H groups in total. The molecule has 0 radical (unpaired) electrons. The fraction of sp³-hybridized carbons (Fsp3) is 0.0690. The first kappa shape index (κ1) is 23.7. The van der Waals surface area contributed by atoms with Crippen molar-refractivity contribution >= 4 is 50.5 Å². The van der Waals surface area contributed by atoms with E-state index in [-0.39, 0.29) is 11.0 Å². The van der Waals surface area contributed by atoms with Gasteiger partial charge < -0.3 is 10.1 Å². The average molecular weight is 510 g/mol. The predicted molar refractivity (Wildman–Crippen MR) is 151 cm³/mol. The number of aromatic nitrogens is 1. The lowest BCUT2D eigenvalue weighted by Crippen LogP contribution is -2.34. The molecule has 0 aliphatic heterocycles. The Morgan fingerprint density at radius 1 is 0.944 bits per heavy atom. The number of thiazole rings is 1. The molecule has 0 aliphatic carbocycles. The summed E-state index contributed by atoms with van der Waals surface area (Å²) >= 11 is 7.10. The van der Waals surface area contributed by atoms with E-state index in [1.807, 2.05) is 79.7 Å². The van der Waals surface area contributed by atoms with Crippen molar-refractivity contribution in [1.29, 1.82) is 0 Å². The monoisotopic (exact) mass is 509 g/mol. The summed E-state index contributed by atoms with van der Waals surface area (Å²) in [7, 11) is 0. The molecule has 36 heavy (non-hydrogen) atoms. The van der Waals surface area contributed by atoms with Crippen LogP contribution in [-0.2, 0) is 6.61 Å². The van der Waals surface area contributed by atoms with Gasteiger partial charge in [0, 0.05) is 16.8 Å². The lowest BCUT2D eigenvalue weighted by molar-refractivity contribution is 0.0977. The first-order chi connectivity index (χ1) is 17.6. The lowest BCUT2D eigenvalue weighted by Gasteiger charge is -2.14. The Kier molecular flexibility index (Phi) is 7.02. The van der Waals surface area contributed by atoms with Crippen LogP contribution < -0.4 is 15.4 Å². The molecular weight excluding hydrogens is 486 g/mol. The first-order valence-corrected chi connectivity index (χ1v) is 12.6. The van der Waals surface area contributed by atoms with Crippen molar-refractivity contribution in [1.82, 2.24) is 10.3 Å². The van der Waals surface area contributed by atoms with Crippen LogP contribution in [-0.4, -0.2) is 16.0 Å². The van der Waals surface area contributed by atoms with Gasteiger partial charge in [0.1, 0.15) is 17.4 Å². The standard InChI is InChI=1S/C29H23N3O2S2/c1-19-23(28-30-25-14-5-6-16-26(25)36-28)13-8-15-24(19)31-29(35)32-27(33)21-11-7-12-22(17-21)34-18-20-9-3-2-4-10-20/h2-17H,18H2,1H3,(H2,31,32,33,35). The van der Waals surface area contributed by atoms with Gasteiger partial charge in [-0.1, -0.05) is 60.7 Å². The van der Waals surface area contributed by atoms with Crippen LogP contribution in [0.3, 0.4) is 0 Å². The van der Waals surface area contributed by atoms with Crippen molar-refractivity contribution in [2.24, 2.45) is 0 Å². The van der Waals surface area contributed by atoms with E-state index in [9.17, 15) is 4.79 Å². The third kappa shape index (κ3) is 5.43. The number of fused-ring (bicyclic) bond motifs is 1. The molecule has 178 valence electrons. The van der Waals surface area contributed by atoms with Gasteiger partial charge in [-0.05, 0) is 66.7 Å². The summed E-state index contributed by atoms with van der Waals surface area (Å²) in [6, 6.07) is 30.9. The van der Waals surface area contributed by atoms with Crippen LogP contribution in [0.25, 0.3) is 20.8 Å². The minimum Gasteiger partial charge on any atom is -0.489 e. The topological polar surface area (TPSA) is 63.2 Å². The number of anilines is 1. The van der Waals surface area contributed by atoms with E-state index in [1.165, 1.54) is 0 Å². The highest BCUT2D eigenvalue weighted by atomic mass is 32.1. The predicted octanol–water partition coefficient (Wildman–Crippen LogP) is 6.98. The Bertz CT molecular complexity index is 1510. The summed E-state index contributed by atoms with van der Waals surface area (Å²) in [4.78, 5) is 17.6. The van der Waals surface area contributed by atoms with Crippen molar-refractivity contribution in [3.05, 3.63) is 114 Å². The van der Waals surface area contributed by atoms with E-state index in [2.05, 4.69) is 16.7 Å². The number of ether oxygens (including phenoxy) is 1. The average Bonchev–Trinajstić information content (AvgIpc) is 3.33. The molecule has 0 atom stereocenters. The van der Waals surface area contributed by atoms with Gasteiger partial charge in [-0.2, -0.15) is 0 Å². The Morgan fingerprint density at radius 3 is 2.56 bits per heavy atom. The number of nitrogens with zero attached hydrogens (tertiary/aromatic N) is 1. The van der Waals surface area contributed by atoms with Crippen LogP contribution in [0.5, 0.6) is 5.75 Å². The molecule has 0 unspecified atom stereocenters. The molecule has 5 aromatic rings. The highest BCUT2D eigenvalue weighted by molar-refractivity contribution is 7.80. The molecule has 0 fully saturated rings. The molecule has 1 amide bonds. The third-order valence-corrected chi connectivity index (χ3v) is 6.95. The highest BCUT2D eigenvalue weighted by Crippen LogP contribution is 2.34. The SMILES string of the molecule is Cc1c(NC(=S)NC(=O)c2cccc(OCc3ccccc3)c2)cccc1-c1nc2ccccc2s1. The van der Waals surface area contributed by atoms with E-state index in [0.29, 0.717) is 17.9 Å². The summed E-state index contributed by atoms with van der Waals surface area (Å²) in [6.07, 6.45) is 0. The minimum atomic E-state index is -0.308. The maximum Gasteiger partial charge on any atom is 0.257 e. The van der Waals surface area contributed by atoms with Crippen LogP contribution in [0.2, 0.25) is 0 Å². The molecule has 0 aliphatic rings. The summed E-state index contributed by atoms with van der Waals surface area (Å²) in [5.74, 6) is 0.308. The number of carbonyl (C=O) groups is 1. The zero-order valence-corrected chi connectivity index (χ0v) is 21.2. The normalized spacial score (nSPS) is 10.7. The van der Waals surface area contributed by atoms with Gasteiger partial charge in [0.15, 0.2) is 5.11 Å². The second kappa shape index (κ2) is 10.7. The molecule has 4 aromatic carbocycles. The second-order valence-corrected chi connectivity index (χ2v) is 9.61. The quantitative estimate of drug-likeness (QED) is 0.242. The maximum absolute atomic E-state index is 12.8. The van der Waals surface area contributed by atoms with Crippen molar-refractivity contribution in [3.8, 4) is 16.3 Å². The van der Waals surface area contributed by atoms with Gasteiger partial charge in [-0.3, -0.25) is 10.1 Å². The van der Waals surface area contributed by atoms with Gasteiger partial charge >= 0.3 is 0 Å². The van der Waals surface area contributed by atoms with Crippen LogP contribution in [0, 0.1) is 6.92 Å². The summed E-state index contributed by atoms with van der Waals surface area (Å²) in [5.41, 5.74) is 5.35. The second-order valence-electron chi connectivity index (χ2n) is 8.18. The third-order valence-electron chi connectivity index (χ3n) is 5.68. The van der Waals surface area contributed by atoms with Crippen LogP contribution >= 0.6 is 23.6 Å². The number of hydrogen-bond donors (Lipinski definition) is 2. The zero-order chi connectivity index (χ0) is 24.9. The van der Waals surface area contributed by atoms with Gasteiger partial charge in [-0.25, -0.2) is 4.98 Å². The smallest absolute Gasteiger partial charge is 0.257 e. The molecule has 1 heterocycles. The number of rotatable bonds is 6. The van der Waals surface area contributed by atoms with Gasteiger partial charge in [0.05, 0.1) is 10.2 Å². The minimum absolute atomic E-state index is 0.222. The summed E-state index contributed by atoms with van der Waals surface area (Å²) < 4.78 is 6.98. The Balaban J connectivity index is 1.25. The number of nitrogens with one attached hydrogen (secondary N) is 2.